The highest BCUT2D eigenvalue weighted by Crippen LogP contribution is 2.16. The molecular weight excluding hydrogens is 271 g/mol. The van der Waals surface area contributed by atoms with Crippen molar-refractivity contribution in [2.75, 3.05) is 37.9 Å². The summed E-state index contributed by atoms with van der Waals surface area (Å²) in [4.78, 5) is 0. The molecule has 0 aliphatic carbocycles. The first-order chi connectivity index (χ1) is 7.62. The number of hydrogen-bond acceptors (Lipinski definition) is 2. The molecule has 0 aromatic carbocycles. The fourth-order valence-electron chi connectivity index (χ4n) is 1.79. The standard InChI is InChI=1S/C9H18Cl2N2O2S/c10-4-8-13(9-5-11)16(14,15)12-6-2-1-3-7-12/h1-9H2. The average Bonchev–Trinajstić information content (AvgIpc) is 2.30. The van der Waals surface area contributed by atoms with Gasteiger partial charge in [-0.05, 0) is 12.8 Å². The van der Waals surface area contributed by atoms with E-state index >= 15 is 0 Å². The Bertz CT molecular complexity index is 286. The predicted octanol–water partition coefficient (Wildman–Crippen LogP) is 1.50. The maximum Gasteiger partial charge on any atom is 0.282 e. The van der Waals surface area contributed by atoms with Gasteiger partial charge in [-0.25, -0.2) is 0 Å². The molecule has 0 bridgehead atoms. The third-order valence-electron chi connectivity index (χ3n) is 2.64. The minimum atomic E-state index is -3.35. The van der Waals surface area contributed by atoms with E-state index in [0.29, 0.717) is 37.9 Å². The molecule has 1 saturated heterocycles. The van der Waals surface area contributed by atoms with Crippen LogP contribution >= 0.6 is 23.2 Å². The largest absolute Gasteiger partial charge is 0.282 e. The number of halogens is 2. The van der Waals surface area contributed by atoms with Gasteiger partial charge >= 0.3 is 0 Å². The fourth-order valence-corrected chi connectivity index (χ4v) is 4.09. The molecule has 0 spiro atoms. The molecule has 0 atom stereocenters. The van der Waals surface area contributed by atoms with Gasteiger partial charge in [0.15, 0.2) is 0 Å². The van der Waals surface area contributed by atoms with E-state index in [-0.39, 0.29) is 0 Å². The van der Waals surface area contributed by atoms with Crippen molar-refractivity contribution in [1.29, 1.82) is 0 Å². The van der Waals surface area contributed by atoms with E-state index in [1.807, 2.05) is 0 Å². The van der Waals surface area contributed by atoms with Crippen molar-refractivity contribution in [3.05, 3.63) is 0 Å². The first-order valence-corrected chi connectivity index (χ1v) is 7.96. The van der Waals surface area contributed by atoms with E-state index in [2.05, 4.69) is 0 Å². The Morgan fingerprint density at radius 3 is 1.94 bits per heavy atom. The monoisotopic (exact) mass is 288 g/mol. The van der Waals surface area contributed by atoms with Gasteiger partial charge in [0, 0.05) is 37.9 Å². The summed E-state index contributed by atoms with van der Waals surface area (Å²) in [7, 11) is -3.35. The smallest absolute Gasteiger partial charge is 0.195 e. The third kappa shape index (κ3) is 3.74. The summed E-state index contributed by atoms with van der Waals surface area (Å²) in [5.74, 6) is 0.591. The number of rotatable bonds is 6. The molecule has 1 aliphatic heterocycles. The number of alkyl halides is 2. The quantitative estimate of drug-likeness (QED) is 0.695. The molecule has 1 rings (SSSR count). The molecule has 7 heteroatoms. The number of piperidine rings is 1. The van der Waals surface area contributed by atoms with Gasteiger partial charge in [0.05, 0.1) is 0 Å². The zero-order valence-electron chi connectivity index (χ0n) is 9.24. The Balaban J connectivity index is 2.70. The molecule has 96 valence electrons. The van der Waals surface area contributed by atoms with E-state index in [4.69, 9.17) is 23.2 Å². The van der Waals surface area contributed by atoms with Gasteiger partial charge in [-0.2, -0.15) is 17.0 Å². The molecule has 1 aliphatic rings. The molecule has 16 heavy (non-hydrogen) atoms. The molecule has 0 saturated carbocycles. The van der Waals surface area contributed by atoms with Gasteiger partial charge in [-0.1, -0.05) is 6.42 Å². The zero-order valence-corrected chi connectivity index (χ0v) is 11.6. The maximum atomic E-state index is 12.2. The second-order valence-electron chi connectivity index (χ2n) is 3.74. The van der Waals surface area contributed by atoms with Gasteiger partial charge in [-0.3, -0.25) is 0 Å². The lowest BCUT2D eigenvalue weighted by atomic mass is 10.2. The van der Waals surface area contributed by atoms with Crippen molar-refractivity contribution >= 4 is 33.4 Å². The zero-order chi connectivity index (χ0) is 12.0. The van der Waals surface area contributed by atoms with Gasteiger partial charge in [-0.15, -0.1) is 23.2 Å². The van der Waals surface area contributed by atoms with Gasteiger partial charge in [0.2, 0.25) is 0 Å². The predicted molar refractivity (Wildman–Crippen MR) is 67.4 cm³/mol. The lowest BCUT2D eigenvalue weighted by Crippen LogP contribution is -2.47. The summed E-state index contributed by atoms with van der Waals surface area (Å²) < 4.78 is 27.3. The van der Waals surface area contributed by atoms with Crippen LogP contribution in [0.15, 0.2) is 0 Å². The van der Waals surface area contributed by atoms with Gasteiger partial charge in [0.1, 0.15) is 0 Å². The highest BCUT2D eigenvalue weighted by Gasteiger charge is 2.29. The van der Waals surface area contributed by atoms with Crippen LogP contribution in [0.2, 0.25) is 0 Å². The molecule has 0 aromatic heterocycles. The highest BCUT2D eigenvalue weighted by molar-refractivity contribution is 7.86. The van der Waals surface area contributed by atoms with Crippen LogP contribution in [0.25, 0.3) is 0 Å². The van der Waals surface area contributed by atoms with Crippen LogP contribution in [0, 0.1) is 0 Å². The summed E-state index contributed by atoms with van der Waals surface area (Å²) >= 11 is 11.2. The highest BCUT2D eigenvalue weighted by atomic mass is 35.5. The van der Waals surface area contributed by atoms with E-state index < -0.39 is 10.2 Å². The summed E-state index contributed by atoms with van der Waals surface area (Å²) in [6.45, 7) is 1.88. The second-order valence-corrected chi connectivity index (χ2v) is 6.43. The van der Waals surface area contributed by atoms with Crippen molar-refractivity contribution in [1.82, 2.24) is 8.61 Å². The van der Waals surface area contributed by atoms with Crippen molar-refractivity contribution in [3.8, 4) is 0 Å². The minimum absolute atomic E-state index is 0.296. The Morgan fingerprint density at radius 2 is 1.50 bits per heavy atom. The van der Waals surface area contributed by atoms with Crippen LogP contribution in [0.5, 0.6) is 0 Å². The van der Waals surface area contributed by atoms with Crippen molar-refractivity contribution < 1.29 is 8.42 Å². The third-order valence-corrected chi connectivity index (χ3v) is 5.01. The number of nitrogens with zero attached hydrogens (tertiary/aromatic N) is 2. The fraction of sp³-hybridized carbons (Fsp3) is 1.00. The first kappa shape index (κ1) is 14.5. The van der Waals surface area contributed by atoms with Crippen molar-refractivity contribution in [3.63, 3.8) is 0 Å². The molecule has 0 amide bonds. The Labute approximate surface area is 108 Å². The molecule has 1 fully saturated rings. The normalized spacial score (nSPS) is 19.2. The Kier molecular flexibility index (Phi) is 6.36. The lowest BCUT2D eigenvalue weighted by Gasteiger charge is -2.31. The topological polar surface area (TPSA) is 40.6 Å². The minimum Gasteiger partial charge on any atom is -0.195 e. The molecule has 4 nitrogen and oxygen atoms in total. The van der Waals surface area contributed by atoms with E-state index in [9.17, 15) is 8.42 Å². The molecular formula is C9H18Cl2N2O2S. The number of hydrogen-bond donors (Lipinski definition) is 0. The summed E-state index contributed by atoms with van der Waals surface area (Å²) in [6, 6.07) is 0. The maximum absolute atomic E-state index is 12.2. The van der Waals surface area contributed by atoms with E-state index in [1.54, 1.807) is 0 Å². The molecule has 0 N–H and O–H groups in total. The van der Waals surface area contributed by atoms with Crippen LogP contribution < -0.4 is 0 Å². The summed E-state index contributed by atoms with van der Waals surface area (Å²) in [5, 5.41) is 0. The molecule has 0 aromatic rings. The van der Waals surface area contributed by atoms with E-state index in [0.717, 1.165) is 19.3 Å². The molecule has 0 unspecified atom stereocenters. The summed E-state index contributed by atoms with van der Waals surface area (Å²) in [6.07, 6.45) is 2.99. The van der Waals surface area contributed by atoms with Crippen LogP contribution in [0.4, 0.5) is 0 Å². The molecule has 1 heterocycles. The van der Waals surface area contributed by atoms with Crippen LogP contribution in [-0.2, 0) is 10.2 Å². The van der Waals surface area contributed by atoms with Crippen LogP contribution in [0.3, 0.4) is 0 Å². The SMILES string of the molecule is O=S(=O)(N(CCCl)CCCl)N1CCCCC1. The Morgan fingerprint density at radius 1 is 1.00 bits per heavy atom. The van der Waals surface area contributed by atoms with Gasteiger partial charge in [0.25, 0.3) is 10.2 Å². The second kappa shape index (κ2) is 7.01. The Hall–Kier alpha value is 0.450. The van der Waals surface area contributed by atoms with Crippen molar-refractivity contribution in [2.24, 2.45) is 0 Å². The molecule has 0 radical (unpaired) electrons. The van der Waals surface area contributed by atoms with Crippen molar-refractivity contribution in [2.45, 2.75) is 19.3 Å². The summed E-state index contributed by atoms with van der Waals surface area (Å²) in [5.41, 5.74) is 0. The average molecular weight is 289 g/mol. The van der Waals surface area contributed by atoms with Crippen LogP contribution in [-0.4, -0.2) is 55.0 Å². The van der Waals surface area contributed by atoms with Gasteiger partial charge < -0.3 is 0 Å². The van der Waals surface area contributed by atoms with E-state index in [1.165, 1.54) is 8.61 Å². The first-order valence-electron chi connectivity index (χ1n) is 5.50. The van der Waals surface area contributed by atoms with Crippen LogP contribution in [0.1, 0.15) is 19.3 Å². The lowest BCUT2D eigenvalue weighted by molar-refractivity contribution is 0.310.